The summed E-state index contributed by atoms with van der Waals surface area (Å²) in [4.78, 5) is 26.1. The molecule has 0 fully saturated rings. The lowest BCUT2D eigenvalue weighted by Crippen LogP contribution is -2.39. The van der Waals surface area contributed by atoms with E-state index in [9.17, 15) is 9.59 Å². The van der Waals surface area contributed by atoms with Crippen LogP contribution in [0.4, 0.5) is 0 Å². The van der Waals surface area contributed by atoms with Gasteiger partial charge in [0.2, 0.25) is 0 Å². The molecule has 1 heterocycles. The number of benzene rings is 2. The number of fused-ring (bicyclic) bond motifs is 1. The molecule has 27 heavy (non-hydrogen) atoms. The fraction of sp³-hybridized carbons (Fsp3) is 0.286. The Morgan fingerprint density at radius 1 is 1.15 bits per heavy atom. The number of nitrogens with zero attached hydrogens (tertiary/aromatic N) is 2. The first-order chi connectivity index (χ1) is 13.1. The number of nitriles is 1. The predicted molar refractivity (Wildman–Crippen MR) is 97.8 cm³/mol. The molecule has 1 atom stereocenters. The van der Waals surface area contributed by atoms with Gasteiger partial charge < -0.3 is 14.4 Å². The van der Waals surface area contributed by atoms with Crippen molar-refractivity contribution >= 4 is 11.9 Å². The average Bonchev–Trinajstić information content (AvgIpc) is 2.71. The van der Waals surface area contributed by atoms with Gasteiger partial charge in [-0.3, -0.25) is 4.79 Å². The van der Waals surface area contributed by atoms with Gasteiger partial charge in [-0.2, -0.15) is 5.26 Å². The number of hydrogen-bond acceptors (Lipinski definition) is 5. The van der Waals surface area contributed by atoms with Crippen molar-refractivity contribution < 1.29 is 19.1 Å². The van der Waals surface area contributed by atoms with E-state index in [0.29, 0.717) is 24.4 Å². The molecule has 6 heteroatoms. The fourth-order valence-corrected chi connectivity index (χ4v) is 2.91. The lowest BCUT2D eigenvalue weighted by molar-refractivity contribution is -0.157. The highest BCUT2D eigenvalue weighted by Gasteiger charge is 2.23. The molecule has 2 aromatic rings. The second-order valence-electron chi connectivity index (χ2n) is 6.34. The van der Waals surface area contributed by atoms with Gasteiger partial charge in [0.15, 0.2) is 12.7 Å². The van der Waals surface area contributed by atoms with Crippen LogP contribution in [-0.2, 0) is 27.3 Å². The standard InChI is InChI=1S/C21H20N2O4/c1-15(27-19-8-6-16(12-22)7-9-19)21(25)26-14-20(24)23-11-10-17-4-2-3-5-18(17)13-23/h2-9,15H,10-11,13-14H2,1H3/t15-/m0/s1. The van der Waals surface area contributed by atoms with Crippen LogP contribution < -0.4 is 4.74 Å². The van der Waals surface area contributed by atoms with Gasteiger partial charge in [0.25, 0.3) is 5.91 Å². The maximum absolute atomic E-state index is 12.3. The SMILES string of the molecule is C[C@H](Oc1ccc(C#N)cc1)C(=O)OCC(=O)N1CCc2ccccc2C1. The smallest absolute Gasteiger partial charge is 0.347 e. The molecule has 0 N–H and O–H groups in total. The molecule has 6 nitrogen and oxygen atoms in total. The molecule has 138 valence electrons. The Kier molecular flexibility index (Phi) is 5.72. The predicted octanol–water partition coefficient (Wildman–Crippen LogP) is 2.45. The van der Waals surface area contributed by atoms with Crippen molar-refractivity contribution in [2.24, 2.45) is 0 Å². The zero-order chi connectivity index (χ0) is 19.2. The van der Waals surface area contributed by atoms with Crippen LogP contribution in [0.25, 0.3) is 0 Å². The van der Waals surface area contributed by atoms with Crippen molar-refractivity contribution in [3.63, 3.8) is 0 Å². The van der Waals surface area contributed by atoms with Crippen molar-refractivity contribution in [1.29, 1.82) is 5.26 Å². The summed E-state index contributed by atoms with van der Waals surface area (Å²) >= 11 is 0. The normalized spacial score (nSPS) is 13.9. The van der Waals surface area contributed by atoms with Gasteiger partial charge in [0.05, 0.1) is 11.6 Å². The van der Waals surface area contributed by atoms with Crippen LogP contribution in [0.15, 0.2) is 48.5 Å². The lowest BCUT2D eigenvalue weighted by atomic mass is 10.00. The third kappa shape index (κ3) is 4.64. The number of carbonyl (C=O) groups excluding carboxylic acids is 2. The average molecular weight is 364 g/mol. The molecule has 0 unspecified atom stereocenters. The van der Waals surface area contributed by atoms with E-state index in [2.05, 4.69) is 6.07 Å². The molecule has 3 rings (SSSR count). The van der Waals surface area contributed by atoms with E-state index in [0.717, 1.165) is 12.0 Å². The highest BCUT2D eigenvalue weighted by Crippen LogP contribution is 2.18. The first kappa shape index (κ1) is 18.5. The van der Waals surface area contributed by atoms with E-state index in [1.54, 1.807) is 36.1 Å². The summed E-state index contributed by atoms with van der Waals surface area (Å²) in [7, 11) is 0. The van der Waals surface area contributed by atoms with E-state index in [4.69, 9.17) is 14.7 Å². The number of carbonyl (C=O) groups is 2. The quantitative estimate of drug-likeness (QED) is 0.762. The maximum atomic E-state index is 12.3. The Morgan fingerprint density at radius 3 is 2.56 bits per heavy atom. The zero-order valence-electron chi connectivity index (χ0n) is 15.1. The Morgan fingerprint density at radius 2 is 1.85 bits per heavy atom. The number of amides is 1. The first-order valence-electron chi connectivity index (χ1n) is 8.75. The van der Waals surface area contributed by atoms with Crippen LogP contribution in [0.5, 0.6) is 5.75 Å². The minimum Gasteiger partial charge on any atom is -0.479 e. The van der Waals surface area contributed by atoms with E-state index in [-0.39, 0.29) is 12.5 Å². The number of rotatable bonds is 5. The third-order valence-electron chi connectivity index (χ3n) is 4.45. The second-order valence-corrected chi connectivity index (χ2v) is 6.34. The van der Waals surface area contributed by atoms with Crippen molar-refractivity contribution in [3.8, 4) is 11.8 Å². The lowest BCUT2D eigenvalue weighted by Gasteiger charge is -2.28. The van der Waals surface area contributed by atoms with Crippen molar-refractivity contribution in [2.45, 2.75) is 26.0 Å². The molecule has 1 aliphatic rings. The summed E-state index contributed by atoms with van der Waals surface area (Å²) in [5.74, 6) is -0.369. The van der Waals surface area contributed by atoms with E-state index >= 15 is 0 Å². The molecule has 0 radical (unpaired) electrons. The second kappa shape index (κ2) is 8.37. The Bertz CT molecular complexity index is 870. The topological polar surface area (TPSA) is 79.6 Å². The minimum absolute atomic E-state index is 0.219. The number of esters is 1. The summed E-state index contributed by atoms with van der Waals surface area (Å²) in [6.07, 6.45) is -0.0542. The molecule has 0 bridgehead atoms. The van der Waals surface area contributed by atoms with Crippen LogP contribution in [0.2, 0.25) is 0 Å². The van der Waals surface area contributed by atoms with Crippen molar-refractivity contribution in [3.05, 3.63) is 65.2 Å². The third-order valence-corrected chi connectivity index (χ3v) is 4.45. The molecule has 0 saturated heterocycles. The Labute approximate surface area is 157 Å². The van der Waals surface area contributed by atoms with Gasteiger partial charge >= 0.3 is 5.97 Å². The van der Waals surface area contributed by atoms with Gasteiger partial charge in [0.1, 0.15) is 5.75 Å². The molecule has 0 spiro atoms. The first-order valence-corrected chi connectivity index (χ1v) is 8.75. The summed E-state index contributed by atoms with van der Waals surface area (Å²) in [5, 5.41) is 8.78. The summed E-state index contributed by atoms with van der Waals surface area (Å²) < 4.78 is 10.6. The largest absolute Gasteiger partial charge is 0.479 e. The number of hydrogen-bond donors (Lipinski definition) is 0. The molecule has 1 aliphatic heterocycles. The summed E-state index contributed by atoms with van der Waals surface area (Å²) in [5.41, 5.74) is 2.88. The Balaban J connectivity index is 1.48. The molecule has 0 saturated carbocycles. The van der Waals surface area contributed by atoms with Crippen molar-refractivity contribution in [2.75, 3.05) is 13.2 Å². The zero-order valence-corrected chi connectivity index (χ0v) is 15.1. The number of ether oxygens (including phenoxy) is 2. The maximum Gasteiger partial charge on any atom is 0.347 e. The van der Waals surface area contributed by atoms with E-state index < -0.39 is 12.1 Å². The van der Waals surface area contributed by atoms with Crippen LogP contribution in [0.1, 0.15) is 23.6 Å². The van der Waals surface area contributed by atoms with Crippen LogP contribution in [0.3, 0.4) is 0 Å². The monoisotopic (exact) mass is 364 g/mol. The van der Waals surface area contributed by atoms with Crippen LogP contribution in [-0.4, -0.2) is 36.0 Å². The molecular weight excluding hydrogens is 344 g/mol. The minimum atomic E-state index is -0.854. The van der Waals surface area contributed by atoms with Gasteiger partial charge in [-0.15, -0.1) is 0 Å². The summed E-state index contributed by atoms with van der Waals surface area (Å²) in [6, 6.07) is 16.5. The van der Waals surface area contributed by atoms with Gasteiger partial charge in [-0.25, -0.2) is 4.79 Å². The molecule has 0 aliphatic carbocycles. The van der Waals surface area contributed by atoms with Crippen LogP contribution >= 0.6 is 0 Å². The van der Waals surface area contributed by atoms with Gasteiger partial charge in [-0.1, -0.05) is 24.3 Å². The Hall–Kier alpha value is -3.33. The highest BCUT2D eigenvalue weighted by atomic mass is 16.6. The molecule has 0 aromatic heterocycles. The van der Waals surface area contributed by atoms with E-state index in [1.165, 1.54) is 5.56 Å². The summed E-state index contributed by atoms with van der Waals surface area (Å²) in [6.45, 7) is 2.40. The van der Waals surface area contributed by atoms with Crippen molar-refractivity contribution in [1.82, 2.24) is 4.90 Å². The molecule has 2 aromatic carbocycles. The fourth-order valence-electron chi connectivity index (χ4n) is 2.91. The van der Waals surface area contributed by atoms with Gasteiger partial charge in [0, 0.05) is 13.1 Å². The van der Waals surface area contributed by atoms with Crippen LogP contribution in [0, 0.1) is 11.3 Å². The highest BCUT2D eigenvalue weighted by molar-refractivity contribution is 5.82. The van der Waals surface area contributed by atoms with E-state index in [1.807, 2.05) is 24.3 Å². The molecular formula is C21H20N2O4. The molecule has 1 amide bonds. The van der Waals surface area contributed by atoms with Gasteiger partial charge in [-0.05, 0) is 48.7 Å².